The molecule has 3 nitrogen and oxygen atoms in total. The lowest BCUT2D eigenvalue weighted by Crippen LogP contribution is -2.27. The molecule has 0 aliphatic carbocycles. The monoisotopic (exact) mass is 259 g/mol. The van der Waals surface area contributed by atoms with E-state index in [1.807, 2.05) is 36.9 Å². The molecule has 1 saturated heterocycles. The number of carbonyl (C=O) groups excluding carboxylic acids is 2. The smallest absolute Gasteiger partial charge is 0.223 e. The molecule has 1 amide bonds. The first-order valence-corrected chi connectivity index (χ1v) is 6.96. The van der Waals surface area contributed by atoms with Gasteiger partial charge in [-0.1, -0.05) is 12.1 Å². The number of likely N-dealkylation sites (tertiary alicyclic amines) is 1. The Morgan fingerprint density at radius 2 is 1.74 bits per heavy atom. The summed E-state index contributed by atoms with van der Waals surface area (Å²) < 4.78 is 0. The van der Waals surface area contributed by atoms with Crippen molar-refractivity contribution in [1.29, 1.82) is 0 Å². The summed E-state index contributed by atoms with van der Waals surface area (Å²) in [7, 11) is 0. The van der Waals surface area contributed by atoms with Gasteiger partial charge in [-0.3, -0.25) is 9.59 Å². The predicted molar refractivity (Wildman–Crippen MR) is 75.3 cm³/mol. The van der Waals surface area contributed by atoms with E-state index < -0.39 is 0 Å². The second-order valence-electron chi connectivity index (χ2n) is 5.31. The third-order valence-electron chi connectivity index (χ3n) is 3.85. The maximum atomic E-state index is 12.1. The van der Waals surface area contributed by atoms with Crippen LogP contribution in [0.2, 0.25) is 0 Å². The second-order valence-corrected chi connectivity index (χ2v) is 5.31. The van der Waals surface area contributed by atoms with Gasteiger partial charge >= 0.3 is 0 Å². The third-order valence-corrected chi connectivity index (χ3v) is 3.85. The first-order chi connectivity index (χ1) is 9.08. The van der Waals surface area contributed by atoms with Gasteiger partial charge < -0.3 is 4.90 Å². The maximum Gasteiger partial charge on any atom is 0.223 e. The Balaban J connectivity index is 1.90. The molecule has 1 aliphatic rings. The van der Waals surface area contributed by atoms with Gasteiger partial charge in [0.25, 0.3) is 0 Å². The van der Waals surface area contributed by atoms with E-state index in [1.54, 1.807) is 0 Å². The normalized spacial score (nSPS) is 14.7. The van der Waals surface area contributed by atoms with Gasteiger partial charge in [0, 0.05) is 31.5 Å². The molecule has 0 N–H and O–H groups in total. The number of hydrogen-bond donors (Lipinski definition) is 0. The van der Waals surface area contributed by atoms with Crippen LogP contribution in [0.15, 0.2) is 18.2 Å². The predicted octanol–water partition coefficient (Wildman–Crippen LogP) is 2.89. The van der Waals surface area contributed by atoms with Crippen molar-refractivity contribution in [3.63, 3.8) is 0 Å². The summed E-state index contributed by atoms with van der Waals surface area (Å²) in [5, 5.41) is 0. The molecule has 1 aliphatic heterocycles. The van der Waals surface area contributed by atoms with Gasteiger partial charge in [-0.25, -0.2) is 0 Å². The topological polar surface area (TPSA) is 37.4 Å². The molecular formula is C16H21NO2. The molecule has 0 aromatic heterocycles. The van der Waals surface area contributed by atoms with Gasteiger partial charge in [-0.2, -0.15) is 0 Å². The van der Waals surface area contributed by atoms with E-state index in [0.717, 1.165) is 37.1 Å². The highest BCUT2D eigenvalue weighted by Gasteiger charge is 2.18. The van der Waals surface area contributed by atoms with Crippen LogP contribution in [-0.4, -0.2) is 29.7 Å². The van der Waals surface area contributed by atoms with Crippen molar-refractivity contribution in [3.05, 3.63) is 34.9 Å². The Hall–Kier alpha value is -1.64. The van der Waals surface area contributed by atoms with Crippen molar-refractivity contribution in [2.75, 3.05) is 13.1 Å². The average Bonchev–Trinajstić information content (AvgIpc) is 2.92. The summed E-state index contributed by atoms with van der Waals surface area (Å²) in [6.07, 6.45) is 2.84. The summed E-state index contributed by atoms with van der Waals surface area (Å²) >= 11 is 0. The Bertz CT molecular complexity index is 488. The lowest BCUT2D eigenvalue weighted by Gasteiger charge is -2.14. The summed E-state index contributed by atoms with van der Waals surface area (Å²) in [5.41, 5.74) is 3.03. The molecule has 0 radical (unpaired) electrons. The van der Waals surface area contributed by atoms with Crippen molar-refractivity contribution in [1.82, 2.24) is 4.90 Å². The molecule has 0 bridgehead atoms. The minimum absolute atomic E-state index is 0.0654. The molecule has 1 aromatic carbocycles. The molecule has 3 heteroatoms. The summed E-state index contributed by atoms with van der Waals surface area (Å²) in [5.74, 6) is 0.185. The Labute approximate surface area is 114 Å². The molecule has 102 valence electrons. The van der Waals surface area contributed by atoms with Crippen molar-refractivity contribution >= 4 is 11.7 Å². The molecule has 1 aromatic rings. The summed E-state index contributed by atoms with van der Waals surface area (Å²) in [4.78, 5) is 25.8. The number of rotatable bonds is 4. The van der Waals surface area contributed by atoms with Gasteiger partial charge in [-0.05, 0) is 43.9 Å². The van der Waals surface area contributed by atoms with Crippen LogP contribution >= 0.6 is 0 Å². The molecule has 0 unspecified atom stereocenters. The van der Waals surface area contributed by atoms with Crippen LogP contribution in [0.3, 0.4) is 0 Å². The highest BCUT2D eigenvalue weighted by molar-refractivity contribution is 5.98. The minimum Gasteiger partial charge on any atom is -0.343 e. The van der Waals surface area contributed by atoms with Crippen LogP contribution in [0, 0.1) is 13.8 Å². The van der Waals surface area contributed by atoms with Crippen LogP contribution in [0.1, 0.15) is 47.2 Å². The maximum absolute atomic E-state index is 12.1. The summed E-state index contributed by atoms with van der Waals surface area (Å²) in [6.45, 7) is 5.75. The fourth-order valence-electron chi connectivity index (χ4n) is 2.40. The van der Waals surface area contributed by atoms with Gasteiger partial charge in [0.15, 0.2) is 5.78 Å². The number of Topliss-reactive ketones (excluding diaryl/α,β-unsaturated/α-hetero) is 1. The van der Waals surface area contributed by atoms with Gasteiger partial charge in [0.2, 0.25) is 5.91 Å². The molecule has 19 heavy (non-hydrogen) atoms. The van der Waals surface area contributed by atoms with Crippen LogP contribution in [0.5, 0.6) is 0 Å². The van der Waals surface area contributed by atoms with E-state index in [9.17, 15) is 9.59 Å². The van der Waals surface area contributed by atoms with Gasteiger partial charge in [-0.15, -0.1) is 0 Å². The Kier molecular flexibility index (Phi) is 4.35. The highest BCUT2D eigenvalue weighted by atomic mass is 16.2. The molecular weight excluding hydrogens is 238 g/mol. The molecule has 1 heterocycles. The van der Waals surface area contributed by atoms with Crippen molar-refractivity contribution < 1.29 is 9.59 Å². The van der Waals surface area contributed by atoms with Crippen LogP contribution < -0.4 is 0 Å². The van der Waals surface area contributed by atoms with Crippen LogP contribution in [-0.2, 0) is 4.79 Å². The fraction of sp³-hybridized carbons (Fsp3) is 0.500. The fourth-order valence-corrected chi connectivity index (χ4v) is 2.40. The third kappa shape index (κ3) is 3.43. The van der Waals surface area contributed by atoms with Crippen molar-refractivity contribution in [2.24, 2.45) is 0 Å². The Morgan fingerprint density at radius 1 is 1.05 bits per heavy atom. The SMILES string of the molecule is Cc1ccc(C(=O)CCC(=O)N2CCCC2)cc1C. The van der Waals surface area contributed by atoms with E-state index in [1.165, 1.54) is 5.56 Å². The van der Waals surface area contributed by atoms with Gasteiger partial charge in [0.05, 0.1) is 0 Å². The molecule has 2 rings (SSSR count). The van der Waals surface area contributed by atoms with E-state index in [-0.39, 0.29) is 11.7 Å². The summed E-state index contributed by atoms with van der Waals surface area (Å²) in [6, 6.07) is 5.73. The van der Waals surface area contributed by atoms with E-state index in [0.29, 0.717) is 12.8 Å². The lowest BCUT2D eigenvalue weighted by molar-refractivity contribution is -0.130. The zero-order chi connectivity index (χ0) is 13.8. The molecule has 1 fully saturated rings. The minimum atomic E-state index is 0.0654. The zero-order valence-electron chi connectivity index (χ0n) is 11.7. The van der Waals surface area contributed by atoms with E-state index in [4.69, 9.17) is 0 Å². The van der Waals surface area contributed by atoms with Crippen molar-refractivity contribution in [3.8, 4) is 0 Å². The van der Waals surface area contributed by atoms with Crippen LogP contribution in [0.4, 0.5) is 0 Å². The lowest BCUT2D eigenvalue weighted by atomic mass is 10.0. The van der Waals surface area contributed by atoms with E-state index in [2.05, 4.69) is 0 Å². The standard InChI is InChI=1S/C16H21NO2/c1-12-5-6-14(11-13(12)2)15(18)7-8-16(19)17-9-3-4-10-17/h5-6,11H,3-4,7-10H2,1-2H3. The second kappa shape index (κ2) is 6.00. The first-order valence-electron chi connectivity index (χ1n) is 6.96. The number of ketones is 1. The van der Waals surface area contributed by atoms with Gasteiger partial charge in [0.1, 0.15) is 0 Å². The first kappa shape index (κ1) is 13.8. The largest absolute Gasteiger partial charge is 0.343 e. The highest BCUT2D eigenvalue weighted by Crippen LogP contribution is 2.14. The molecule has 0 spiro atoms. The van der Waals surface area contributed by atoms with Crippen molar-refractivity contribution in [2.45, 2.75) is 39.5 Å². The van der Waals surface area contributed by atoms with E-state index >= 15 is 0 Å². The number of nitrogens with zero attached hydrogens (tertiary/aromatic N) is 1. The number of aryl methyl sites for hydroxylation is 2. The quantitative estimate of drug-likeness (QED) is 0.780. The molecule has 0 atom stereocenters. The Morgan fingerprint density at radius 3 is 2.37 bits per heavy atom. The zero-order valence-corrected chi connectivity index (χ0v) is 11.7. The number of carbonyl (C=O) groups is 2. The van der Waals surface area contributed by atoms with Crippen LogP contribution in [0.25, 0.3) is 0 Å². The molecule has 0 saturated carbocycles. The number of amides is 1. The number of hydrogen-bond acceptors (Lipinski definition) is 2. The number of benzene rings is 1. The average molecular weight is 259 g/mol.